The number of aliphatic hydroxyl groups is 1. The molecule has 11 heteroatoms. The molecule has 1 saturated heterocycles. The van der Waals surface area contributed by atoms with Crippen LogP contribution in [0.2, 0.25) is 0 Å². The number of piperidine rings is 1. The van der Waals surface area contributed by atoms with Crippen molar-refractivity contribution in [1.82, 2.24) is 20.5 Å². The minimum absolute atomic E-state index is 0.0324. The molecule has 0 spiro atoms. The summed E-state index contributed by atoms with van der Waals surface area (Å²) < 4.78 is 12.0. The van der Waals surface area contributed by atoms with Crippen LogP contribution in [0.25, 0.3) is 10.9 Å². The Morgan fingerprint density at radius 3 is 2.59 bits per heavy atom. The number of likely N-dealkylation sites (tertiary alicyclic amines) is 1. The zero-order chi connectivity index (χ0) is 38.1. The lowest BCUT2D eigenvalue weighted by molar-refractivity contribution is -0.153. The SMILES string of the molecule is CC(C)N1CCC(COC(=O)C2(NC(=O)c3cccc(OCCCCCCNC[C@H](O)c4ccc(O)c5[nH]c(=O)ccc45)c3)CCc3ccccc32)CC1. The quantitative estimate of drug-likeness (QED) is 0.0676. The van der Waals surface area contributed by atoms with E-state index in [1.807, 2.05) is 30.3 Å². The highest BCUT2D eigenvalue weighted by Crippen LogP contribution is 2.39. The Balaban J connectivity index is 0.941. The third-order valence-corrected chi connectivity index (χ3v) is 11.0. The lowest BCUT2D eigenvalue weighted by atomic mass is 9.90. The number of hydrogen-bond acceptors (Lipinski definition) is 9. The maximum absolute atomic E-state index is 13.9. The number of carbonyl (C=O) groups is 2. The summed E-state index contributed by atoms with van der Waals surface area (Å²) in [5.41, 5.74) is 1.69. The number of rotatable bonds is 17. The second-order valence-electron chi connectivity index (χ2n) is 15.0. The van der Waals surface area contributed by atoms with Gasteiger partial charge in [0.15, 0.2) is 5.54 Å². The number of aliphatic hydroxyl groups excluding tert-OH is 1. The van der Waals surface area contributed by atoms with Gasteiger partial charge in [0.25, 0.3) is 5.91 Å². The summed E-state index contributed by atoms with van der Waals surface area (Å²) in [5.74, 6) is 0.142. The molecule has 1 aromatic heterocycles. The summed E-state index contributed by atoms with van der Waals surface area (Å²) in [6, 6.07) is 21.5. The summed E-state index contributed by atoms with van der Waals surface area (Å²) in [4.78, 5) is 44.4. The molecule has 2 heterocycles. The number of H-pyrrole nitrogens is 1. The average Bonchev–Trinajstić information content (AvgIpc) is 3.55. The predicted molar refractivity (Wildman–Crippen MR) is 209 cm³/mol. The first-order chi connectivity index (χ1) is 26.1. The summed E-state index contributed by atoms with van der Waals surface area (Å²) >= 11 is 0. The van der Waals surface area contributed by atoms with Crippen molar-refractivity contribution in [1.29, 1.82) is 0 Å². The number of carbonyl (C=O) groups excluding carboxylic acids is 2. The van der Waals surface area contributed by atoms with Crippen LogP contribution in [0, 0.1) is 5.92 Å². The van der Waals surface area contributed by atoms with E-state index < -0.39 is 17.6 Å². The highest BCUT2D eigenvalue weighted by molar-refractivity contribution is 5.99. The second kappa shape index (κ2) is 18.1. The maximum Gasteiger partial charge on any atom is 0.336 e. The fraction of sp³-hybridized carbons (Fsp3) is 0.465. The monoisotopic (exact) mass is 738 g/mol. The number of aromatic hydroxyl groups is 1. The van der Waals surface area contributed by atoms with Gasteiger partial charge in [-0.3, -0.25) is 9.59 Å². The molecule has 0 radical (unpaired) electrons. The van der Waals surface area contributed by atoms with E-state index in [0.717, 1.165) is 69.3 Å². The van der Waals surface area contributed by atoms with E-state index in [1.54, 1.807) is 30.3 Å². The minimum Gasteiger partial charge on any atom is -0.506 e. The molecule has 1 fully saturated rings. The number of hydrogen-bond donors (Lipinski definition) is 5. The molecule has 54 heavy (non-hydrogen) atoms. The molecule has 1 unspecified atom stereocenters. The first-order valence-corrected chi connectivity index (χ1v) is 19.4. The van der Waals surface area contributed by atoms with Crippen molar-refractivity contribution in [3.05, 3.63) is 105 Å². The lowest BCUT2D eigenvalue weighted by Gasteiger charge is -2.35. The first-order valence-electron chi connectivity index (χ1n) is 19.4. The zero-order valence-electron chi connectivity index (χ0n) is 31.4. The smallest absolute Gasteiger partial charge is 0.336 e. The van der Waals surface area contributed by atoms with Crippen LogP contribution in [0.3, 0.4) is 0 Å². The Bertz CT molecular complexity index is 1950. The fourth-order valence-corrected chi connectivity index (χ4v) is 7.74. The molecule has 3 aromatic carbocycles. The van der Waals surface area contributed by atoms with E-state index in [4.69, 9.17) is 9.47 Å². The molecule has 0 saturated carbocycles. The number of aryl methyl sites for hydroxylation is 1. The predicted octanol–water partition coefficient (Wildman–Crippen LogP) is 5.73. The molecule has 1 amide bonds. The summed E-state index contributed by atoms with van der Waals surface area (Å²) in [6.45, 7) is 8.37. The van der Waals surface area contributed by atoms with E-state index in [1.165, 1.54) is 12.1 Å². The number of esters is 1. The third kappa shape index (κ3) is 9.32. The largest absolute Gasteiger partial charge is 0.506 e. The number of ether oxygens (including phenoxy) is 2. The minimum atomic E-state index is -1.24. The molecule has 6 rings (SSSR count). The van der Waals surface area contributed by atoms with Crippen molar-refractivity contribution >= 4 is 22.8 Å². The number of phenolic OH excluding ortho intramolecular Hbond substituents is 1. The number of phenols is 1. The van der Waals surface area contributed by atoms with E-state index in [-0.39, 0.29) is 17.2 Å². The molecular formula is C43H54N4O7. The van der Waals surface area contributed by atoms with Gasteiger partial charge in [-0.1, -0.05) is 49.2 Å². The van der Waals surface area contributed by atoms with Gasteiger partial charge < -0.3 is 40.2 Å². The first kappa shape index (κ1) is 39.0. The van der Waals surface area contributed by atoms with Crippen molar-refractivity contribution in [2.75, 3.05) is 39.4 Å². The van der Waals surface area contributed by atoms with Crippen LogP contribution in [0.4, 0.5) is 0 Å². The second-order valence-corrected chi connectivity index (χ2v) is 15.0. The number of fused-ring (bicyclic) bond motifs is 2. The molecule has 2 aliphatic rings. The molecule has 11 nitrogen and oxygen atoms in total. The van der Waals surface area contributed by atoms with Crippen LogP contribution in [0.1, 0.15) is 91.9 Å². The number of nitrogens with zero attached hydrogens (tertiary/aromatic N) is 1. The number of unbranched alkanes of at least 4 members (excludes halogenated alkanes) is 3. The van der Waals surface area contributed by atoms with E-state index in [9.17, 15) is 24.6 Å². The highest BCUT2D eigenvalue weighted by atomic mass is 16.5. The topological polar surface area (TPSA) is 153 Å². The van der Waals surface area contributed by atoms with Gasteiger partial charge in [-0.15, -0.1) is 0 Å². The van der Waals surface area contributed by atoms with Gasteiger partial charge in [0.2, 0.25) is 5.56 Å². The number of pyridine rings is 1. The molecular weight excluding hydrogens is 684 g/mol. The Morgan fingerprint density at radius 2 is 1.78 bits per heavy atom. The van der Waals surface area contributed by atoms with E-state index in [0.29, 0.717) is 72.3 Å². The van der Waals surface area contributed by atoms with Gasteiger partial charge in [-0.2, -0.15) is 0 Å². The van der Waals surface area contributed by atoms with E-state index >= 15 is 0 Å². The van der Waals surface area contributed by atoms with Crippen LogP contribution in [0.15, 0.2) is 77.6 Å². The van der Waals surface area contributed by atoms with Crippen LogP contribution in [-0.4, -0.2) is 77.4 Å². The van der Waals surface area contributed by atoms with Crippen molar-refractivity contribution in [2.45, 2.75) is 82.9 Å². The van der Waals surface area contributed by atoms with Crippen LogP contribution in [0.5, 0.6) is 11.5 Å². The summed E-state index contributed by atoms with van der Waals surface area (Å²) in [5, 5.41) is 27.9. The molecule has 2 atom stereocenters. The van der Waals surface area contributed by atoms with Crippen LogP contribution >= 0.6 is 0 Å². The molecule has 5 N–H and O–H groups in total. The maximum atomic E-state index is 13.9. The van der Waals surface area contributed by atoms with E-state index in [2.05, 4.69) is 34.4 Å². The van der Waals surface area contributed by atoms with Crippen molar-refractivity contribution < 1.29 is 29.3 Å². The molecule has 1 aliphatic carbocycles. The zero-order valence-corrected chi connectivity index (χ0v) is 31.4. The summed E-state index contributed by atoms with van der Waals surface area (Å²) in [6.07, 6.45) is 6.04. The van der Waals surface area contributed by atoms with Gasteiger partial charge in [0.1, 0.15) is 11.5 Å². The molecule has 1 aliphatic heterocycles. The van der Waals surface area contributed by atoms with Gasteiger partial charge in [0, 0.05) is 29.6 Å². The van der Waals surface area contributed by atoms with Crippen LogP contribution in [-0.2, 0) is 21.5 Å². The van der Waals surface area contributed by atoms with Crippen molar-refractivity contribution in [2.24, 2.45) is 5.92 Å². The number of nitrogens with one attached hydrogen (secondary N) is 3. The van der Waals surface area contributed by atoms with Crippen molar-refractivity contribution in [3.63, 3.8) is 0 Å². The normalized spacial score (nSPS) is 18.1. The third-order valence-electron chi connectivity index (χ3n) is 11.0. The Labute approximate surface area is 317 Å². The number of aromatic nitrogens is 1. The Morgan fingerprint density at radius 1 is 0.981 bits per heavy atom. The van der Waals surface area contributed by atoms with Gasteiger partial charge in [0.05, 0.1) is 24.8 Å². The van der Waals surface area contributed by atoms with Gasteiger partial charge >= 0.3 is 5.97 Å². The Hall–Kier alpha value is -4.71. The number of aromatic amines is 1. The number of benzene rings is 3. The average molecular weight is 739 g/mol. The van der Waals surface area contributed by atoms with Gasteiger partial charge in [-0.25, -0.2) is 4.79 Å². The van der Waals surface area contributed by atoms with Crippen molar-refractivity contribution in [3.8, 4) is 11.5 Å². The highest BCUT2D eigenvalue weighted by Gasteiger charge is 2.48. The summed E-state index contributed by atoms with van der Waals surface area (Å²) in [7, 11) is 0. The molecule has 4 aromatic rings. The lowest BCUT2D eigenvalue weighted by Crippen LogP contribution is -2.51. The Kier molecular flexibility index (Phi) is 13.1. The molecule has 0 bridgehead atoms. The standard InChI is InChI=1S/C43H54N4O7/c1-29(2)47-23-19-30(20-24-47)28-54-42(52)43(21-18-31-10-5-6-13-36(31)43)46-41(51)32-11-9-12-33(26-32)53-25-8-4-3-7-22-44-27-38(49)34-14-16-37(48)40-35(34)15-17-39(50)45-40/h5-6,9-17,26,29-30,38,44,48-49H,3-4,7-8,18-25,27-28H2,1-2H3,(H,45,50)(H,46,51)/t38-,43?/m0/s1. The van der Waals surface area contributed by atoms with Crippen LogP contribution < -0.4 is 20.9 Å². The van der Waals surface area contributed by atoms with Gasteiger partial charge in [-0.05, 0) is 125 Å². The molecule has 288 valence electrons. The number of amides is 1. The fourth-order valence-electron chi connectivity index (χ4n) is 7.74.